The number of aryl methyl sites for hydroxylation is 1. The van der Waals surface area contributed by atoms with Gasteiger partial charge in [-0.1, -0.05) is 6.92 Å². The quantitative estimate of drug-likeness (QED) is 0.807. The van der Waals surface area contributed by atoms with Crippen molar-refractivity contribution in [2.45, 2.75) is 58.5 Å². The highest BCUT2D eigenvalue weighted by Crippen LogP contribution is 2.52. The van der Waals surface area contributed by atoms with E-state index in [-0.39, 0.29) is 11.5 Å². The maximum absolute atomic E-state index is 12.7. The van der Waals surface area contributed by atoms with Crippen LogP contribution in [0, 0.1) is 5.92 Å². The SMILES string of the molecule is CCN(C(=O)OC(C)(C)C)c1cc(N)cc(C2(c3nncn3C)CC(C)C2)c1. The maximum Gasteiger partial charge on any atom is 0.414 e. The van der Waals surface area contributed by atoms with Crippen LogP contribution < -0.4 is 10.6 Å². The molecule has 1 heterocycles. The lowest BCUT2D eigenvalue weighted by atomic mass is 9.58. The van der Waals surface area contributed by atoms with Crippen molar-refractivity contribution in [2.75, 3.05) is 17.2 Å². The molecule has 28 heavy (non-hydrogen) atoms. The molecule has 1 aliphatic carbocycles. The Morgan fingerprint density at radius 3 is 2.54 bits per heavy atom. The third-order valence-electron chi connectivity index (χ3n) is 5.27. The van der Waals surface area contributed by atoms with Crippen molar-refractivity contribution in [3.8, 4) is 0 Å². The Balaban J connectivity index is 2.03. The van der Waals surface area contributed by atoms with Crippen LogP contribution in [0.4, 0.5) is 16.2 Å². The van der Waals surface area contributed by atoms with E-state index in [0.29, 0.717) is 18.2 Å². The molecule has 1 aliphatic rings. The van der Waals surface area contributed by atoms with Crippen LogP contribution in [0.2, 0.25) is 0 Å². The Hall–Kier alpha value is -2.57. The van der Waals surface area contributed by atoms with Gasteiger partial charge in [-0.25, -0.2) is 4.79 Å². The fourth-order valence-corrected chi connectivity index (χ4v) is 4.19. The summed E-state index contributed by atoms with van der Waals surface area (Å²) < 4.78 is 7.55. The second kappa shape index (κ2) is 7.11. The number of nitrogen functional groups attached to an aromatic ring is 1. The lowest BCUT2D eigenvalue weighted by Gasteiger charge is -2.46. The molecule has 1 fully saturated rings. The van der Waals surface area contributed by atoms with Gasteiger partial charge in [0, 0.05) is 25.0 Å². The molecule has 1 aromatic carbocycles. The normalized spacial score (nSPS) is 21.9. The second-order valence-electron chi connectivity index (χ2n) is 8.90. The highest BCUT2D eigenvalue weighted by atomic mass is 16.6. The molecule has 2 N–H and O–H groups in total. The first-order valence-corrected chi connectivity index (χ1v) is 9.82. The molecule has 0 saturated heterocycles. The number of ether oxygens (including phenoxy) is 1. The Labute approximate surface area is 166 Å². The van der Waals surface area contributed by atoms with Crippen LogP contribution in [0.1, 0.15) is 58.8 Å². The predicted molar refractivity (Wildman–Crippen MR) is 110 cm³/mol. The van der Waals surface area contributed by atoms with Gasteiger partial charge in [-0.2, -0.15) is 0 Å². The van der Waals surface area contributed by atoms with Crippen molar-refractivity contribution in [3.05, 3.63) is 35.9 Å². The highest BCUT2D eigenvalue weighted by Gasteiger charge is 2.48. The van der Waals surface area contributed by atoms with Crippen LogP contribution in [0.5, 0.6) is 0 Å². The number of carbonyl (C=O) groups excluding carboxylic acids is 1. The van der Waals surface area contributed by atoms with Crippen LogP contribution in [-0.4, -0.2) is 33.0 Å². The number of hydrogen-bond acceptors (Lipinski definition) is 5. The summed E-state index contributed by atoms with van der Waals surface area (Å²) >= 11 is 0. The zero-order valence-corrected chi connectivity index (χ0v) is 17.7. The van der Waals surface area contributed by atoms with E-state index in [1.165, 1.54) is 0 Å². The Bertz CT molecular complexity index is 862. The summed E-state index contributed by atoms with van der Waals surface area (Å²) in [6, 6.07) is 5.86. The highest BCUT2D eigenvalue weighted by molar-refractivity contribution is 5.88. The van der Waals surface area contributed by atoms with Crippen molar-refractivity contribution in [2.24, 2.45) is 13.0 Å². The number of nitrogens with two attached hydrogens (primary N) is 1. The number of amides is 1. The van der Waals surface area contributed by atoms with E-state index in [2.05, 4.69) is 17.1 Å². The second-order valence-corrected chi connectivity index (χ2v) is 8.90. The fraction of sp³-hybridized carbons (Fsp3) is 0.571. The summed E-state index contributed by atoms with van der Waals surface area (Å²) in [5.74, 6) is 1.53. The van der Waals surface area contributed by atoms with Crippen LogP contribution in [0.15, 0.2) is 24.5 Å². The summed E-state index contributed by atoms with van der Waals surface area (Å²) in [5.41, 5.74) is 7.90. The third-order valence-corrected chi connectivity index (χ3v) is 5.27. The van der Waals surface area contributed by atoms with Crippen molar-refractivity contribution in [1.82, 2.24) is 14.8 Å². The summed E-state index contributed by atoms with van der Waals surface area (Å²) in [4.78, 5) is 14.3. The monoisotopic (exact) mass is 385 g/mol. The Kier molecular flexibility index (Phi) is 5.12. The first kappa shape index (κ1) is 20.2. The van der Waals surface area contributed by atoms with Crippen molar-refractivity contribution < 1.29 is 9.53 Å². The molecular weight excluding hydrogens is 354 g/mol. The lowest BCUT2D eigenvalue weighted by Crippen LogP contribution is -2.43. The fourth-order valence-electron chi connectivity index (χ4n) is 4.19. The molecule has 1 amide bonds. The minimum Gasteiger partial charge on any atom is -0.443 e. The third kappa shape index (κ3) is 3.70. The smallest absolute Gasteiger partial charge is 0.414 e. The van der Waals surface area contributed by atoms with Crippen LogP contribution in [0.25, 0.3) is 0 Å². The van der Waals surface area contributed by atoms with Crippen LogP contribution in [-0.2, 0) is 17.2 Å². The lowest BCUT2D eigenvalue weighted by molar-refractivity contribution is 0.0582. The standard InChI is InChI=1S/C21H31N5O2/c1-7-26(19(27)28-20(3,4)5)17-9-15(8-16(22)10-17)21(11-14(2)12-21)18-24-23-13-25(18)6/h8-10,13-14H,7,11-12,22H2,1-6H3. The zero-order chi connectivity index (χ0) is 20.7. The van der Waals surface area contributed by atoms with Gasteiger partial charge in [0.2, 0.25) is 0 Å². The van der Waals surface area contributed by atoms with Crippen LogP contribution >= 0.6 is 0 Å². The summed E-state index contributed by atoms with van der Waals surface area (Å²) in [6.45, 7) is 10.2. The molecule has 7 heteroatoms. The number of aromatic nitrogens is 3. The first-order valence-electron chi connectivity index (χ1n) is 9.82. The average Bonchev–Trinajstić information content (AvgIpc) is 2.96. The van der Waals surface area contributed by atoms with Crippen molar-refractivity contribution in [1.29, 1.82) is 0 Å². The molecule has 0 bridgehead atoms. The van der Waals surface area contributed by atoms with Gasteiger partial charge in [0.25, 0.3) is 0 Å². The van der Waals surface area contributed by atoms with E-state index in [1.807, 2.05) is 57.5 Å². The summed E-state index contributed by atoms with van der Waals surface area (Å²) in [7, 11) is 1.96. The van der Waals surface area contributed by atoms with E-state index in [9.17, 15) is 4.79 Å². The van der Waals surface area contributed by atoms with Crippen molar-refractivity contribution >= 4 is 17.5 Å². The predicted octanol–water partition coefficient (Wildman–Crippen LogP) is 3.87. The Morgan fingerprint density at radius 1 is 1.36 bits per heavy atom. The molecule has 0 aliphatic heterocycles. The van der Waals surface area contributed by atoms with Gasteiger partial charge in [0.15, 0.2) is 0 Å². The molecule has 152 valence electrons. The summed E-state index contributed by atoms with van der Waals surface area (Å²) in [5, 5.41) is 8.48. The maximum atomic E-state index is 12.7. The number of hydrogen-bond donors (Lipinski definition) is 1. The van der Waals surface area contributed by atoms with Gasteiger partial charge in [0.1, 0.15) is 17.8 Å². The van der Waals surface area contributed by atoms with Crippen LogP contribution in [0.3, 0.4) is 0 Å². The molecule has 3 rings (SSSR count). The zero-order valence-electron chi connectivity index (χ0n) is 17.7. The number of carbonyl (C=O) groups is 1. The van der Waals surface area contributed by atoms with Gasteiger partial charge in [-0.15, -0.1) is 10.2 Å². The molecule has 1 aromatic heterocycles. The van der Waals surface area contributed by atoms with E-state index in [4.69, 9.17) is 10.5 Å². The van der Waals surface area contributed by atoms with E-state index in [1.54, 1.807) is 11.2 Å². The molecule has 0 spiro atoms. The van der Waals surface area contributed by atoms with E-state index in [0.717, 1.165) is 29.9 Å². The largest absolute Gasteiger partial charge is 0.443 e. The molecule has 0 atom stereocenters. The average molecular weight is 386 g/mol. The van der Waals surface area contributed by atoms with Gasteiger partial charge >= 0.3 is 6.09 Å². The van der Waals surface area contributed by atoms with Gasteiger partial charge in [-0.3, -0.25) is 4.90 Å². The van der Waals surface area contributed by atoms with Crippen molar-refractivity contribution in [3.63, 3.8) is 0 Å². The first-order chi connectivity index (χ1) is 13.1. The number of nitrogens with zero attached hydrogens (tertiary/aromatic N) is 4. The molecule has 0 radical (unpaired) electrons. The number of anilines is 2. The molecular formula is C21H31N5O2. The minimum atomic E-state index is -0.559. The Morgan fingerprint density at radius 2 is 2.04 bits per heavy atom. The molecule has 2 aromatic rings. The van der Waals surface area contributed by atoms with E-state index < -0.39 is 5.60 Å². The molecule has 0 unspecified atom stereocenters. The number of rotatable bonds is 4. The molecule has 1 saturated carbocycles. The van der Waals surface area contributed by atoms with E-state index >= 15 is 0 Å². The molecule has 7 nitrogen and oxygen atoms in total. The minimum absolute atomic E-state index is 0.234. The van der Waals surface area contributed by atoms with Gasteiger partial charge in [0.05, 0.1) is 5.41 Å². The van der Waals surface area contributed by atoms with Gasteiger partial charge in [-0.05, 0) is 70.2 Å². The van der Waals surface area contributed by atoms with Gasteiger partial charge < -0.3 is 15.0 Å². The topological polar surface area (TPSA) is 86.3 Å². The summed E-state index contributed by atoms with van der Waals surface area (Å²) in [6.07, 6.45) is 3.30. The number of benzene rings is 1.